The Bertz CT molecular complexity index is 987. The Hall–Kier alpha value is -2.79. The van der Waals surface area contributed by atoms with Crippen molar-refractivity contribution in [2.24, 2.45) is 0 Å². The molecule has 0 unspecified atom stereocenters. The molecule has 152 valence electrons. The number of nitrogens with one attached hydrogen (secondary N) is 2. The third-order valence-corrected chi connectivity index (χ3v) is 5.93. The van der Waals surface area contributed by atoms with Crippen LogP contribution < -0.4 is 10.1 Å². The van der Waals surface area contributed by atoms with Gasteiger partial charge in [0.05, 0.1) is 13.7 Å². The number of piperidine rings is 1. The van der Waals surface area contributed by atoms with Crippen LogP contribution in [0.15, 0.2) is 48.5 Å². The van der Waals surface area contributed by atoms with E-state index in [4.69, 9.17) is 4.74 Å². The topological polar surface area (TPSA) is 57.4 Å². The van der Waals surface area contributed by atoms with Crippen LogP contribution in [-0.4, -0.2) is 42.5 Å². The summed E-state index contributed by atoms with van der Waals surface area (Å²) in [7, 11) is 1.65. The fourth-order valence-electron chi connectivity index (χ4n) is 4.45. The van der Waals surface area contributed by atoms with Gasteiger partial charge in [0, 0.05) is 23.1 Å². The first-order valence-corrected chi connectivity index (χ1v) is 10.3. The van der Waals surface area contributed by atoms with E-state index in [1.807, 2.05) is 24.3 Å². The number of aromatic amines is 1. The Labute approximate surface area is 172 Å². The molecule has 2 N–H and O–H groups in total. The minimum Gasteiger partial charge on any atom is -0.497 e. The molecule has 1 aliphatic heterocycles. The van der Waals surface area contributed by atoms with E-state index in [2.05, 4.69) is 46.4 Å². The number of fused-ring (bicyclic) bond motifs is 1. The molecule has 1 fully saturated rings. The molecule has 3 aromatic rings. The van der Waals surface area contributed by atoms with Gasteiger partial charge >= 0.3 is 0 Å². The lowest BCUT2D eigenvalue weighted by Gasteiger charge is -2.31. The van der Waals surface area contributed by atoms with Crippen LogP contribution in [0.1, 0.15) is 35.6 Å². The van der Waals surface area contributed by atoms with Gasteiger partial charge in [-0.25, -0.2) is 0 Å². The molecule has 0 atom stereocenters. The Morgan fingerprint density at radius 3 is 2.76 bits per heavy atom. The van der Waals surface area contributed by atoms with Gasteiger partial charge in [0.15, 0.2) is 0 Å². The van der Waals surface area contributed by atoms with Crippen molar-refractivity contribution in [3.63, 3.8) is 0 Å². The lowest BCUT2D eigenvalue weighted by atomic mass is 9.87. The molecule has 2 aromatic carbocycles. The van der Waals surface area contributed by atoms with Crippen molar-refractivity contribution < 1.29 is 9.53 Å². The molecule has 1 aliphatic rings. The maximum Gasteiger partial charge on any atom is 0.234 e. The molecular weight excluding hydrogens is 362 g/mol. The van der Waals surface area contributed by atoms with Crippen molar-refractivity contribution >= 4 is 16.8 Å². The number of benzene rings is 2. The molecule has 0 radical (unpaired) electrons. The van der Waals surface area contributed by atoms with Crippen LogP contribution >= 0.6 is 0 Å². The highest BCUT2D eigenvalue weighted by Crippen LogP contribution is 2.35. The molecule has 0 spiro atoms. The average molecular weight is 392 g/mol. The molecule has 0 aliphatic carbocycles. The number of nitrogens with zero attached hydrogens (tertiary/aromatic N) is 1. The number of H-pyrrole nitrogens is 1. The summed E-state index contributed by atoms with van der Waals surface area (Å²) in [4.78, 5) is 18.2. The van der Waals surface area contributed by atoms with Crippen LogP contribution in [-0.2, 0) is 11.3 Å². The van der Waals surface area contributed by atoms with Crippen LogP contribution in [0.25, 0.3) is 10.9 Å². The van der Waals surface area contributed by atoms with Gasteiger partial charge in [0.2, 0.25) is 5.91 Å². The standard InChI is InChI=1S/C24H29N3O2/c1-17-24(21-8-3-4-9-22(21)26-17)19-10-12-27(13-11-19)16-23(28)25-15-18-6-5-7-20(14-18)29-2/h3-9,14,19,26H,10-13,15-16H2,1-2H3,(H,25,28). The lowest BCUT2D eigenvalue weighted by Crippen LogP contribution is -2.41. The summed E-state index contributed by atoms with van der Waals surface area (Å²) in [6, 6.07) is 16.4. The molecule has 4 rings (SSSR count). The van der Waals surface area contributed by atoms with Crippen LogP contribution in [0, 0.1) is 6.92 Å². The summed E-state index contributed by atoms with van der Waals surface area (Å²) in [5, 5.41) is 4.38. The van der Waals surface area contributed by atoms with Crippen molar-refractivity contribution in [3.8, 4) is 5.75 Å². The number of ether oxygens (including phenoxy) is 1. The van der Waals surface area contributed by atoms with Gasteiger partial charge in [-0.05, 0) is 68.1 Å². The van der Waals surface area contributed by atoms with E-state index in [9.17, 15) is 4.79 Å². The summed E-state index contributed by atoms with van der Waals surface area (Å²) in [5.41, 5.74) is 5.01. The van der Waals surface area contributed by atoms with E-state index in [1.54, 1.807) is 7.11 Å². The van der Waals surface area contributed by atoms with E-state index in [0.717, 1.165) is 37.2 Å². The fourth-order valence-corrected chi connectivity index (χ4v) is 4.45. The minimum absolute atomic E-state index is 0.0783. The third kappa shape index (κ3) is 4.46. The fraction of sp³-hybridized carbons (Fsp3) is 0.375. The number of hydrogen-bond acceptors (Lipinski definition) is 3. The monoisotopic (exact) mass is 391 g/mol. The highest BCUT2D eigenvalue weighted by atomic mass is 16.5. The zero-order valence-corrected chi connectivity index (χ0v) is 17.2. The van der Waals surface area contributed by atoms with Gasteiger partial charge in [0.25, 0.3) is 0 Å². The van der Waals surface area contributed by atoms with Crippen LogP contribution in [0.2, 0.25) is 0 Å². The van der Waals surface area contributed by atoms with E-state index >= 15 is 0 Å². The van der Waals surface area contributed by atoms with Crippen molar-refractivity contribution in [1.82, 2.24) is 15.2 Å². The Kier molecular flexibility index (Phi) is 5.86. The average Bonchev–Trinajstić information content (AvgIpc) is 3.09. The molecule has 2 heterocycles. The number of aryl methyl sites for hydroxylation is 1. The van der Waals surface area contributed by atoms with Gasteiger partial charge in [-0.3, -0.25) is 9.69 Å². The van der Waals surface area contributed by atoms with E-state index < -0.39 is 0 Å². The molecule has 5 nitrogen and oxygen atoms in total. The van der Waals surface area contributed by atoms with Gasteiger partial charge in [0.1, 0.15) is 5.75 Å². The zero-order valence-electron chi connectivity index (χ0n) is 17.2. The van der Waals surface area contributed by atoms with E-state index in [0.29, 0.717) is 19.0 Å². The molecule has 5 heteroatoms. The molecule has 1 aromatic heterocycles. The predicted octanol–water partition coefficient (Wildman–Crippen LogP) is 3.98. The SMILES string of the molecule is COc1cccc(CNC(=O)CN2CCC(c3c(C)[nH]c4ccccc34)CC2)c1. The number of methoxy groups -OCH3 is 1. The first-order chi connectivity index (χ1) is 14.1. The van der Waals surface area contributed by atoms with Gasteiger partial charge in [-0.2, -0.15) is 0 Å². The smallest absolute Gasteiger partial charge is 0.234 e. The second-order valence-electron chi connectivity index (χ2n) is 7.89. The first-order valence-electron chi connectivity index (χ1n) is 10.3. The highest BCUT2D eigenvalue weighted by molar-refractivity contribution is 5.85. The summed E-state index contributed by atoms with van der Waals surface area (Å²) in [6.07, 6.45) is 2.18. The van der Waals surface area contributed by atoms with Gasteiger partial charge in [-0.1, -0.05) is 30.3 Å². The molecule has 1 amide bonds. The van der Waals surface area contributed by atoms with Crippen molar-refractivity contribution in [1.29, 1.82) is 0 Å². The number of aromatic nitrogens is 1. The zero-order chi connectivity index (χ0) is 20.2. The summed E-state index contributed by atoms with van der Waals surface area (Å²) >= 11 is 0. The van der Waals surface area contributed by atoms with Crippen molar-refractivity contribution in [2.45, 2.75) is 32.2 Å². The molecular formula is C24H29N3O2. The summed E-state index contributed by atoms with van der Waals surface area (Å²) in [5.74, 6) is 1.45. The summed E-state index contributed by atoms with van der Waals surface area (Å²) in [6.45, 7) is 5.07. The molecule has 0 bridgehead atoms. The Morgan fingerprint density at radius 2 is 1.97 bits per heavy atom. The Morgan fingerprint density at radius 1 is 1.17 bits per heavy atom. The number of carbonyl (C=O) groups excluding carboxylic acids is 1. The normalized spacial score (nSPS) is 15.5. The number of likely N-dealkylation sites (tertiary alicyclic amines) is 1. The Balaban J connectivity index is 1.29. The van der Waals surface area contributed by atoms with Gasteiger partial charge < -0.3 is 15.0 Å². The maximum absolute atomic E-state index is 12.4. The quantitative estimate of drug-likeness (QED) is 0.668. The second kappa shape index (κ2) is 8.70. The van der Waals surface area contributed by atoms with Crippen molar-refractivity contribution in [3.05, 3.63) is 65.4 Å². The molecule has 1 saturated heterocycles. The molecule has 0 saturated carbocycles. The van der Waals surface area contributed by atoms with Crippen LogP contribution in [0.4, 0.5) is 0 Å². The predicted molar refractivity (Wildman–Crippen MR) is 116 cm³/mol. The number of amides is 1. The summed E-state index contributed by atoms with van der Waals surface area (Å²) < 4.78 is 5.24. The number of carbonyl (C=O) groups is 1. The number of para-hydroxylation sites is 1. The minimum atomic E-state index is 0.0783. The van der Waals surface area contributed by atoms with Crippen LogP contribution in [0.3, 0.4) is 0 Å². The van der Waals surface area contributed by atoms with E-state index in [-0.39, 0.29) is 5.91 Å². The maximum atomic E-state index is 12.4. The third-order valence-electron chi connectivity index (χ3n) is 5.93. The van der Waals surface area contributed by atoms with Crippen LogP contribution in [0.5, 0.6) is 5.75 Å². The lowest BCUT2D eigenvalue weighted by molar-refractivity contribution is -0.122. The highest BCUT2D eigenvalue weighted by Gasteiger charge is 2.25. The number of hydrogen-bond donors (Lipinski definition) is 2. The largest absolute Gasteiger partial charge is 0.497 e. The van der Waals surface area contributed by atoms with E-state index in [1.165, 1.54) is 22.2 Å². The molecule has 29 heavy (non-hydrogen) atoms. The first kappa shape index (κ1) is 19.5. The van der Waals surface area contributed by atoms with Gasteiger partial charge in [-0.15, -0.1) is 0 Å². The number of rotatable bonds is 6. The second-order valence-corrected chi connectivity index (χ2v) is 7.89. The van der Waals surface area contributed by atoms with Crippen molar-refractivity contribution in [2.75, 3.05) is 26.7 Å².